The third kappa shape index (κ3) is 3.00. The number of benzene rings is 1. The summed E-state index contributed by atoms with van der Waals surface area (Å²) in [5, 5.41) is 4.05. The number of pyridine rings is 2. The molecule has 0 fully saturated rings. The maximum atomic E-state index is 12.6. The van der Waals surface area contributed by atoms with Crippen LogP contribution in [0.4, 0.5) is 5.69 Å². The topological polar surface area (TPSA) is 64.1 Å². The zero-order valence-electron chi connectivity index (χ0n) is 12.9. The van der Waals surface area contributed by atoms with Gasteiger partial charge in [-0.3, -0.25) is 9.78 Å². The van der Waals surface area contributed by atoms with Crippen LogP contribution in [0, 0.1) is 6.92 Å². The fourth-order valence-corrected chi connectivity index (χ4v) is 2.83. The van der Waals surface area contributed by atoms with Gasteiger partial charge in [-0.15, -0.1) is 0 Å². The first kappa shape index (κ1) is 16.5. The van der Waals surface area contributed by atoms with Gasteiger partial charge in [-0.2, -0.15) is 0 Å². The molecule has 7 heteroatoms. The van der Waals surface area contributed by atoms with Crippen molar-refractivity contribution < 1.29 is 9.53 Å². The smallest absolute Gasteiger partial charge is 0.257 e. The summed E-state index contributed by atoms with van der Waals surface area (Å²) in [6, 6.07) is 7.30. The quantitative estimate of drug-likeness (QED) is 0.745. The highest BCUT2D eigenvalue weighted by atomic mass is 35.5. The van der Waals surface area contributed by atoms with Gasteiger partial charge in [-0.1, -0.05) is 35.3 Å². The van der Waals surface area contributed by atoms with Crippen molar-refractivity contribution in [2.75, 3.05) is 12.4 Å². The molecule has 0 atom stereocenters. The molecule has 2 heterocycles. The molecule has 0 radical (unpaired) electrons. The number of carbonyl (C=O) groups is 1. The Morgan fingerprint density at radius 2 is 1.92 bits per heavy atom. The van der Waals surface area contributed by atoms with Crippen molar-refractivity contribution in [2.24, 2.45) is 0 Å². The highest BCUT2D eigenvalue weighted by Gasteiger charge is 2.16. The van der Waals surface area contributed by atoms with E-state index in [-0.39, 0.29) is 16.0 Å². The first-order chi connectivity index (χ1) is 11.5. The summed E-state index contributed by atoms with van der Waals surface area (Å²) >= 11 is 12.1. The monoisotopic (exact) mass is 361 g/mol. The third-order valence-corrected chi connectivity index (χ3v) is 4.13. The molecule has 0 bridgehead atoms. The van der Waals surface area contributed by atoms with Crippen molar-refractivity contribution in [2.45, 2.75) is 6.92 Å². The summed E-state index contributed by atoms with van der Waals surface area (Å²) in [6.45, 7) is 1.76. The van der Waals surface area contributed by atoms with E-state index in [1.807, 2.05) is 18.2 Å². The lowest BCUT2D eigenvalue weighted by molar-refractivity contribution is 0.102. The average Bonchev–Trinajstić information content (AvgIpc) is 2.57. The van der Waals surface area contributed by atoms with Crippen molar-refractivity contribution in [3.63, 3.8) is 0 Å². The fraction of sp³-hybridized carbons (Fsp3) is 0.118. The van der Waals surface area contributed by atoms with Crippen LogP contribution >= 0.6 is 23.2 Å². The second kappa shape index (κ2) is 6.63. The van der Waals surface area contributed by atoms with Gasteiger partial charge in [-0.25, -0.2) is 4.98 Å². The number of hydrogen-bond donors (Lipinski definition) is 1. The normalized spacial score (nSPS) is 10.7. The average molecular weight is 362 g/mol. The minimum atomic E-state index is -0.347. The maximum Gasteiger partial charge on any atom is 0.257 e. The van der Waals surface area contributed by atoms with Crippen LogP contribution in [0.15, 0.2) is 36.7 Å². The lowest BCUT2D eigenvalue weighted by Crippen LogP contribution is -2.15. The van der Waals surface area contributed by atoms with E-state index in [1.165, 1.54) is 12.4 Å². The summed E-state index contributed by atoms with van der Waals surface area (Å²) < 4.78 is 5.31. The van der Waals surface area contributed by atoms with Crippen LogP contribution in [0.1, 0.15) is 16.1 Å². The number of hydrogen-bond acceptors (Lipinski definition) is 4. The second-order valence-corrected chi connectivity index (χ2v) is 5.90. The van der Waals surface area contributed by atoms with Crippen molar-refractivity contribution in [1.29, 1.82) is 0 Å². The van der Waals surface area contributed by atoms with E-state index >= 15 is 0 Å². The van der Waals surface area contributed by atoms with Gasteiger partial charge < -0.3 is 10.1 Å². The zero-order chi connectivity index (χ0) is 17.3. The number of anilines is 1. The van der Waals surface area contributed by atoms with E-state index in [0.717, 1.165) is 5.39 Å². The molecule has 0 spiro atoms. The van der Waals surface area contributed by atoms with E-state index in [0.29, 0.717) is 28.2 Å². The van der Waals surface area contributed by atoms with Crippen LogP contribution in [0.3, 0.4) is 0 Å². The van der Waals surface area contributed by atoms with Gasteiger partial charge >= 0.3 is 0 Å². The second-order valence-electron chi connectivity index (χ2n) is 5.09. The number of nitrogens with zero attached hydrogens (tertiary/aromatic N) is 2. The molecule has 1 N–H and O–H groups in total. The minimum absolute atomic E-state index is 0.268. The molecule has 122 valence electrons. The summed E-state index contributed by atoms with van der Waals surface area (Å²) in [5.74, 6) is 0.308. The van der Waals surface area contributed by atoms with Crippen molar-refractivity contribution in [1.82, 2.24) is 9.97 Å². The van der Waals surface area contributed by atoms with E-state index in [4.69, 9.17) is 27.9 Å². The molecule has 5 nitrogen and oxygen atoms in total. The first-order valence-corrected chi connectivity index (χ1v) is 7.81. The van der Waals surface area contributed by atoms with E-state index < -0.39 is 0 Å². The molecule has 0 unspecified atom stereocenters. The maximum absolute atomic E-state index is 12.6. The lowest BCUT2D eigenvalue weighted by atomic mass is 10.1. The fourth-order valence-electron chi connectivity index (χ4n) is 2.37. The van der Waals surface area contributed by atoms with Gasteiger partial charge in [0.1, 0.15) is 11.3 Å². The van der Waals surface area contributed by atoms with Crippen molar-refractivity contribution in [3.8, 4) is 5.75 Å². The number of nitrogens with one attached hydrogen (secondary N) is 1. The van der Waals surface area contributed by atoms with Crippen LogP contribution in [-0.2, 0) is 0 Å². The molecular formula is C17H13Cl2N3O2. The van der Waals surface area contributed by atoms with Gasteiger partial charge in [0, 0.05) is 17.8 Å². The molecule has 0 aliphatic carbocycles. The van der Waals surface area contributed by atoms with Gasteiger partial charge in [0.15, 0.2) is 0 Å². The highest BCUT2D eigenvalue weighted by molar-refractivity contribution is 6.39. The molecule has 24 heavy (non-hydrogen) atoms. The molecule has 2 aromatic heterocycles. The molecule has 3 rings (SSSR count). The van der Waals surface area contributed by atoms with Gasteiger partial charge in [0.05, 0.1) is 34.1 Å². The lowest BCUT2D eigenvalue weighted by Gasteiger charge is -2.12. The summed E-state index contributed by atoms with van der Waals surface area (Å²) in [4.78, 5) is 21.0. The van der Waals surface area contributed by atoms with Crippen LogP contribution in [0.5, 0.6) is 5.75 Å². The third-order valence-electron chi connectivity index (χ3n) is 3.56. The number of aryl methyl sites for hydroxylation is 1. The molecular weight excluding hydrogens is 349 g/mol. The Morgan fingerprint density at radius 3 is 2.58 bits per heavy atom. The number of ether oxygens (including phenoxy) is 1. The number of fused-ring (bicyclic) bond motifs is 1. The Bertz CT molecular complexity index is 924. The number of carbonyl (C=O) groups excluding carboxylic acids is 1. The van der Waals surface area contributed by atoms with Crippen LogP contribution < -0.4 is 10.1 Å². The first-order valence-electron chi connectivity index (χ1n) is 7.06. The Labute approximate surface area is 148 Å². The molecule has 3 aromatic rings. The molecule has 0 saturated carbocycles. The molecule has 0 saturated heterocycles. The van der Waals surface area contributed by atoms with Crippen molar-refractivity contribution >= 4 is 45.7 Å². The number of methoxy groups -OCH3 is 1. The van der Waals surface area contributed by atoms with Crippen LogP contribution in [-0.4, -0.2) is 23.0 Å². The molecule has 0 aliphatic heterocycles. The standard InChI is InChI=1S/C17H13Cl2N3O2/c1-9-11(6-10-4-3-5-14(24-2)15(10)21-9)17(23)22-16-12(18)7-20-8-13(16)19/h3-8H,1-2H3,(H,20,22,23). The molecule has 0 aliphatic rings. The van der Waals surface area contributed by atoms with Gasteiger partial charge in [-0.05, 0) is 19.1 Å². The summed E-state index contributed by atoms with van der Waals surface area (Å²) in [5.41, 5.74) is 2.03. The Morgan fingerprint density at radius 1 is 1.21 bits per heavy atom. The zero-order valence-corrected chi connectivity index (χ0v) is 14.4. The number of amides is 1. The number of aromatic nitrogens is 2. The Hall–Kier alpha value is -2.37. The predicted octanol–water partition coefficient (Wildman–Crippen LogP) is 4.51. The Kier molecular flexibility index (Phi) is 4.55. The molecule has 1 aromatic carbocycles. The van der Waals surface area contributed by atoms with Crippen molar-refractivity contribution in [3.05, 3.63) is 58.0 Å². The van der Waals surface area contributed by atoms with Gasteiger partial charge in [0.2, 0.25) is 0 Å². The molecule has 1 amide bonds. The highest BCUT2D eigenvalue weighted by Crippen LogP contribution is 2.30. The van der Waals surface area contributed by atoms with E-state index in [1.54, 1.807) is 20.1 Å². The van der Waals surface area contributed by atoms with E-state index in [2.05, 4.69) is 15.3 Å². The largest absolute Gasteiger partial charge is 0.494 e. The number of para-hydroxylation sites is 1. The minimum Gasteiger partial charge on any atom is -0.494 e. The van der Waals surface area contributed by atoms with Crippen LogP contribution in [0.25, 0.3) is 10.9 Å². The summed E-state index contributed by atoms with van der Waals surface area (Å²) in [6.07, 6.45) is 2.83. The Balaban J connectivity index is 2.03. The van der Waals surface area contributed by atoms with E-state index in [9.17, 15) is 4.79 Å². The number of halogens is 2. The van der Waals surface area contributed by atoms with Gasteiger partial charge in [0.25, 0.3) is 5.91 Å². The number of rotatable bonds is 3. The SMILES string of the molecule is COc1cccc2cc(C(=O)Nc3c(Cl)cncc3Cl)c(C)nc12. The summed E-state index contributed by atoms with van der Waals surface area (Å²) in [7, 11) is 1.58. The predicted molar refractivity (Wildman–Crippen MR) is 95.2 cm³/mol. The van der Waals surface area contributed by atoms with Crippen LogP contribution in [0.2, 0.25) is 10.0 Å².